The molecular formula is C7H7ClFNO2. The third-order valence-electron chi connectivity index (χ3n) is 1.28. The van der Waals surface area contributed by atoms with Gasteiger partial charge in [-0.3, -0.25) is 4.98 Å². The summed E-state index contributed by atoms with van der Waals surface area (Å²) < 4.78 is 12.9. The zero-order valence-electron chi connectivity index (χ0n) is 6.25. The van der Waals surface area contributed by atoms with Gasteiger partial charge in [-0.1, -0.05) is 11.6 Å². The molecule has 1 aromatic rings. The lowest BCUT2D eigenvalue weighted by Gasteiger charge is -2.12. The van der Waals surface area contributed by atoms with E-state index in [1.165, 1.54) is 6.20 Å². The summed E-state index contributed by atoms with van der Waals surface area (Å²) in [5.41, 5.74) is -0.00747. The van der Waals surface area contributed by atoms with Crippen LogP contribution in [-0.4, -0.2) is 15.2 Å². The second kappa shape index (κ2) is 2.97. The molecule has 1 aromatic heterocycles. The van der Waals surface area contributed by atoms with Crippen molar-refractivity contribution in [3.8, 4) is 0 Å². The molecule has 0 saturated heterocycles. The maximum atomic E-state index is 12.9. The minimum atomic E-state index is -2.74. The van der Waals surface area contributed by atoms with Crippen molar-refractivity contribution in [3.63, 3.8) is 0 Å². The van der Waals surface area contributed by atoms with Crippen LogP contribution in [0, 0.1) is 12.7 Å². The van der Waals surface area contributed by atoms with E-state index in [0.29, 0.717) is 5.56 Å². The second-order valence-electron chi connectivity index (χ2n) is 2.43. The van der Waals surface area contributed by atoms with Crippen molar-refractivity contribution < 1.29 is 14.6 Å². The zero-order valence-corrected chi connectivity index (χ0v) is 7.01. The first-order valence-corrected chi connectivity index (χ1v) is 3.55. The van der Waals surface area contributed by atoms with Gasteiger partial charge in [-0.25, -0.2) is 4.39 Å². The Kier molecular flexibility index (Phi) is 2.32. The van der Waals surface area contributed by atoms with Gasteiger partial charge >= 0.3 is 0 Å². The van der Waals surface area contributed by atoms with E-state index in [0.717, 1.165) is 6.07 Å². The Morgan fingerprint density at radius 3 is 2.58 bits per heavy atom. The van der Waals surface area contributed by atoms with E-state index in [2.05, 4.69) is 4.98 Å². The Morgan fingerprint density at radius 2 is 2.17 bits per heavy atom. The lowest BCUT2D eigenvalue weighted by molar-refractivity contribution is -0.0960. The Bertz CT molecular complexity index is 298. The zero-order chi connectivity index (χ0) is 9.35. The molecule has 0 spiro atoms. The molecule has 0 fully saturated rings. The Morgan fingerprint density at radius 1 is 1.58 bits per heavy atom. The predicted molar refractivity (Wildman–Crippen MR) is 40.9 cm³/mol. The number of halogens is 2. The SMILES string of the molecule is Cc1cnc(C(O)(O)Cl)c(F)c1. The summed E-state index contributed by atoms with van der Waals surface area (Å²) in [6, 6.07) is 1.12. The van der Waals surface area contributed by atoms with E-state index >= 15 is 0 Å². The first kappa shape index (κ1) is 9.38. The Labute approximate surface area is 73.4 Å². The number of aromatic nitrogens is 1. The molecule has 0 saturated carbocycles. The largest absolute Gasteiger partial charge is 0.348 e. The van der Waals surface area contributed by atoms with Crippen LogP contribution in [0.15, 0.2) is 12.3 Å². The summed E-state index contributed by atoms with van der Waals surface area (Å²) >= 11 is 5.02. The Hall–Kier alpha value is -0.710. The van der Waals surface area contributed by atoms with Crippen LogP contribution in [-0.2, 0) is 5.25 Å². The van der Waals surface area contributed by atoms with Gasteiger partial charge in [-0.2, -0.15) is 0 Å². The molecule has 0 aliphatic heterocycles. The maximum absolute atomic E-state index is 12.9. The van der Waals surface area contributed by atoms with Crippen molar-refractivity contribution in [2.45, 2.75) is 12.2 Å². The highest BCUT2D eigenvalue weighted by Crippen LogP contribution is 2.22. The highest BCUT2D eigenvalue weighted by molar-refractivity contribution is 6.21. The van der Waals surface area contributed by atoms with Crippen molar-refractivity contribution in [3.05, 3.63) is 29.3 Å². The fourth-order valence-corrected chi connectivity index (χ4v) is 0.907. The van der Waals surface area contributed by atoms with Crippen LogP contribution in [0.2, 0.25) is 0 Å². The van der Waals surface area contributed by atoms with Crippen LogP contribution in [0.5, 0.6) is 0 Å². The molecule has 1 rings (SSSR count). The quantitative estimate of drug-likeness (QED) is 0.512. The van der Waals surface area contributed by atoms with Gasteiger partial charge in [-0.15, -0.1) is 0 Å². The molecule has 5 heteroatoms. The number of nitrogens with zero attached hydrogens (tertiary/aromatic N) is 1. The molecule has 3 nitrogen and oxygen atoms in total. The lowest BCUT2D eigenvalue weighted by Crippen LogP contribution is -2.20. The summed E-state index contributed by atoms with van der Waals surface area (Å²) in [4.78, 5) is 3.44. The van der Waals surface area contributed by atoms with E-state index in [9.17, 15) is 4.39 Å². The van der Waals surface area contributed by atoms with Crippen LogP contribution in [0.1, 0.15) is 11.3 Å². The number of hydrogen-bond acceptors (Lipinski definition) is 3. The standard InChI is InChI=1S/C7H7ClFNO2/c1-4-2-5(9)6(10-3-4)7(8,11)12/h2-3,11-12H,1H3. The number of hydrogen-bond donors (Lipinski definition) is 2. The van der Waals surface area contributed by atoms with Gasteiger partial charge in [-0.05, 0) is 18.6 Å². The fraction of sp³-hybridized carbons (Fsp3) is 0.286. The number of rotatable bonds is 1. The molecule has 0 bridgehead atoms. The highest BCUT2D eigenvalue weighted by Gasteiger charge is 2.27. The van der Waals surface area contributed by atoms with E-state index in [1.54, 1.807) is 6.92 Å². The summed E-state index contributed by atoms with van der Waals surface area (Å²) in [7, 11) is 0. The van der Waals surface area contributed by atoms with Crippen LogP contribution < -0.4 is 0 Å². The van der Waals surface area contributed by atoms with Crippen LogP contribution in [0.3, 0.4) is 0 Å². The van der Waals surface area contributed by atoms with Crippen molar-refractivity contribution in [2.75, 3.05) is 0 Å². The van der Waals surface area contributed by atoms with Gasteiger partial charge in [0.1, 0.15) is 0 Å². The van der Waals surface area contributed by atoms with Gasteiger partial charge in [0.15, 0.2) is 11.5 Å². The normalized spacial score (nSPS) is 11.8. The van der Waals surface area contributed by atoms with Crippen molar-refractivity contribution in [2.24, 2.45) is 0 Å². The molecule has 66 valence electrons. The Balaban J connectivity index is 3.19. The minimum absolute atomic E-state index is 0.581. The molecule has 0 aromatic carbocycles. The molecule has 0 unspecified atom stereocenters. The summed E-state index contributed by atoms with van der Waals surface area (Å²) in [5.74, 6) is -0.838. The van der Waals surface area contributed by atoms with Crippen molar-refractivity contribution >= 4 is 11.6 Å². The van der Waals surface area contributed by atoms with E-state index in [1.807, 2.05) is 0 Å². The van der Waals surface area contributed by atoms with E-state index < -0.39 is 16.8 Å². The average Bonchev–Trinajstić information content (AvgIpc) is 1.83. The molecule has 0 radical (unpaired) electrons. The van der Waals surface area contributed by atoms with E-state index in [-0.39, 0.29) is 0 Å². The first-order chi connectivity index (χ1) is 5.41. The summed E-state index contributed by atoms with van der Waals surface area (Å²) in [5, 5.41) is 14.8. The summed E-state index contributed by atoms with van der Waals surface area (Å²) in [6.45, 7) is 1.63. The topological polar surface area (TPSA) is 53.4 Å². The smallest absolute Gasteiger partial charge is 0.291 e. The highest BCUT2D eigenvalue weighted by atomic mass is 35.5. The number of aryl methyl sites for hydroxylation is 1. The average molecular weight is 192 g/mol. The molecule has 0 aliphatic carbocycles. The maximum Gasteiger partial charge on any atom is 0.291 e. The number of alkyl halides is 1. The molecule has 0 amide bonds. The summed E-state index contributed by atoms with van der Waals surface area (Å²) in [6.07, 6.45) is 1.29. The van der Waals surface area contributed by atoms with Gasteiger partial charge in [0, 0.05) is 6.20 Å². The van der Waals surface area contributed by atoms with Gasteiger partial charge in [0.2, 0.25) is 0 Å². The molecular weight excluding hydrogens is 185 g/mol. The third kappa shape index (κ3) is 1.91. The predicted octanol–water partition coefficient (Wildman–Crippen LogP) is 0.863. The van der Waals surface area contributed by atoms with E-state index in [4.69, 9.17) is 21.8 Å². The molecule has 2 N–H and O–H groups in total. The van der Waals surface area contributed by atoms with Gasteiger partial charge in [0.05, 0.1) is 0 Å². The minimum Gasteiger partial charge on any atom is -0.348 e. The molecule has 0 aliphatic rings. The van der Waals surface area contributed by atoms with Crippen LogP contribution in [0.25, 0.3) is 0 Å². The van der Waals surface area contributed by atoms with Crippen molar-refractivity contribution in [1.29, 1.82) is 0 Å². The number of aliphatic hydroxyl groups is 2. The fourth-order valence-electron chi connectivity index (χ4n) is 0.768. The monoisotopic (exact) mass is 191 g/mol. The first-order valence-electron chi connectivity index (χ1n) is 3.17. The van der Waals surface area contributed by atoms with Crippen LogP contribution in [0.4, 0.5) is 4.39 Å². The number of pyridine rings is 1. The molecule has 1 heterocycles. The van der Waals surface area contributed by atoms with Gasteiger partial charge < -0.3 is 10.2 Å². The second-order valence-corrected chi connectivity index (χ2v) is 2.96. The van der Waals surface area contributed by atoms with Gasteiger partial charge in [0.25, 0.3) is 5.25 Å². The lowest BCUT2D eigenvalue weighted by atomic mass is 10.2. The van der Waals surface area contributed by atoms with Crippen molar-refractivity contribution in [1.82, 2.24) is 4.98 Å². The third-order valence-corrected chi connectivity index (χ3v) is 1.46. The molecule has 0 atom stereocenters. The van der Waals surface area contributed by atoms with Crippen LogP contribution >= 0.6 is 11.6 Å². The molecule has 12 heavy (non-hydrogen) atoms.